The van der Waals surface area contributed by atoms with Crippen molar-refractivity contribution in [2.45, 2.75) is 18.4 Å². The summed E-state index contributed by atoms with van der Waals surface area (Å²) in [6.07, 6.45) is 2.07. The van der Waals surface area contributed by atoms with Gasteiger partial charge in [-0.05, 0) is 31.0 Å². The Bertz CT molecular complexity index is 511. The number of hydrogen-bond acceptors (Lipinski definition) is 2. The van der Waals surface area contributed by atoms with Crippen LogP contribution in [0.1, 0.15) is 18.5 Å². The van der Waals surface area contributed by atoms with Crippen LogP contribution in [0, 0.1) is 0 Å². The van der Waals surface area contributed by atoms with Gasteiger partial charge in [-0.3, -0.25) is 5.10 Å². The number of benzene rings is 1. The molecule has 3 N–H and O–H groups in total. The quantitative estimate of drug-likeness (QED) is 0.838. The first kappa shape index (κ1) is 9.87. The van der Waals surface area contributed by atoms with Crippen molar-refractivity contribution in [1.29, 1.82) is 0 Å². The summed E-state index contributed by atoms with van der Waals surface area (Å²) in [6, 6.07) is 9.66. The lowest BCUT2D eigenvalue weighted by atomic mass is 10.1. The lowest BCUT2D eigenvalue weighted by molar-refractivity contribution is 0.702. The molecule has 4 heteroatoms. The zero-order valence-corrected chi connectivity index (χ0v) is 9.46. The molecule has 1 heterocycles. The normalized spacial score (nSPS) is 17.4. The van der Waals surface area contributed by atoms with E-state index < -0.39 is 0 Å². The molecule has 82 valence electrons. The van der Waals surface area contributed by atoms with Crippen molar-refractivity contribution in [1.82, 2.24) is 10.2 Å². The summed E-state index contributed by atoms with van der Waals surface area (Å²) in [5.41, 5.74) is 8.93. The molecule has 0 bridgehead atoms. The van der Waals surface area contributed by atoms with Gasteiger partial charge in [0.15, 0.2) is 0 Å². The van der Waals surface area contributed by atoms with Gasteiger partial charge in [-0.1, -0.05) is 23.7 Å². The van der Waals surface area contributed by atoms with Gasteiger partial charge in [0.2, 0.25) is 0 Å². The minimum Gasteiger partial charge on any atom is -0.320 e. The van der Waals surface area contributed by atoms with Crippen LogP contribution >= 0.6 is 11.6 Å². The molecule has 3 nitrogen and oxygen atoms in total. The summed E-state index contributed by atoms with van der Waals surface area (Å²) in [4.78, 5) is 0. The Hall–Kier alpha value is -1.32. The lowest BCUT2D eigenvalue weighted by Crippen LogP contribution is -2.18. The summed E-state index contributed by atoms with van der Waals surface area (Å²) < 4.78 is 0. The Labute approximate surface area is 98.6 Å². The van der Waals surface area contributed by atoms with E-state index in [0.29, 0.717) is 0 Å². The highest BCUT2D eigenvalue weighted by atomic mass is 35.5. The molecule has 2 aromatic rings. The van der Waals surface area contributed by atoms with E-state index in [-0.39, 0.29) is 5.54 Å². The maximum atomic E-state index is 6.09. The largest absolute Gasteiger partial charge is 0.320 e. The highest BCUT2D eigenvalue weighted by Gasteiger charge is 2.41. The first-order chi connectivity index (χ1) is 7.67. The summed E-state index contributed by atoms with van der Waals surface area (Å²) >= 11 is 5.84. The molecule has 0 saturated heterocycles. The number of H-pyrrole nitrogens is 1. The zero-order chi connectivity index (χ0) is 11.2. The van der Waals surface area contributed by atoms with Gasteiger partial charge in [0.25, 0.3) is 0 Å². The van der Waals surface area contributed by atoms with Crippen molar-refractivity contribution in [3.63, 3.8) is 0 Å². The number of halogens is 1. The molecule has 1 aromatic heterocycles. The van der Waals surface area contributed by atoms with Gasteiger partial charge in [-0.2, -0.15) is 5.10 Å². The number of nitrogens with zero attached hydrogens (tertiary/aromatic N) is 1. The number of nitrogens with one attached hydrogen (secondary N) is 1. The lowest BCUT2D eigenvalue weighted by Gasteiger charge is -2.02. The fourth-order valence-corrected chi connectivity index (χ4v) is 1.88. The fraction of sp³-hybridized carbons (Fsp3) is 0.250. The topological polar surface area (TPSA) is 54.7 Å². The van der Waals surface area contributed by atoms with E-state index in [1.165, 1.54) is 0 Å². The first-order valence-electron chi connectivity index (χ1n) is 5.28. The third kappa shape index (κ3) is 1.62. The smallest absolute Gasteiger partial charge is 0.0924 e. The number of rotatable bonds is 2. The maximum Gasteiger partial charge on any atom is 0.0924 e. The standard InChI is InChI=1S/C12H12ClN3/c13-9-3-1-8(2-4-9)10-7-11(16-15-10)12(14)5-6-12/h1-4,7H,5-6,14H2,(H,15,16). The van der Waals surface area contributed by atoms with E-state index in [4.69, 9.17) is 17.3 Å². The molecule has 1 aliphatic carbocycles. The third-order valence-corrected chi connectivity index (χ3v) is 3.29. The highest BCUT2D eigenvalue weighted by molar-refractivity contribution is 6.30. The Balaban J connectivity index is 1.95. The van der Waals surface area contributed by atoms with Crippen molar-refractivity contribution in [2.24, 2.45) is 5.73 Å². The second-order valence-corrected chi connectivity index (χ2v) is 4.77. The zero-order valence-electron chi connectivity index (χ0n) is 8.70. The van der Waals surface area contributed by atoms with Crippen molar-refractivity contribution in [2.75, 3.05) is 0 Å². The molecule has 1 aliphatic rings. The summed E-state index contributed by atoms with van der Waals surface area (Å²) in [6.45, 7) is 0. The monoisotopic (exact) mass is 233 g/mol. The van der Waals surface area contributed by atoms with Gasteiger partial charge in [-0.25, -0.2) is 0 Å². The van der Waals surface area contributed by atoms with Crippen molar-refractivity contribution >= 4 is 11.6 Å². The minimum absolute atomic E-state index is 0.155. The van der Waals surface area contributed by atoms with E-state index in [2.05, 4.69) is 10.2 Å². The minimum atomic E-state index is -0.155. The van der Waals surface area contributed by atoms with E-state index in [0.717, 1.165) is 34.8 Å². The van der Waals surface area contributed by atoms with E-state index in [9.17, 15) is 0 Å². The van der Waals surface area contributed by atoms with E-state index in [1.54, 1.807) is 0 Å². The molecule has 1 saturated carbocycles. The molecule has 0 aliphatic heterocycles. The van der Waals surface area contributed by atoms with Crippen LogP contribution in [0.4, 0.5) is 0 Å². The average molecular weight is 234 g/mol. The van der Waals surface area contributed by atoms with Crippen molar-refractivity contribution in [3.05, 3.63) is 41.0 Å². The molecular formula is C12H12ClN3. The molecule has 0 radical (unpaired) electrons. The molecule has 0 unspecified atom stereocenters. The van der Waals surface area contributed by atoms with Crippen molar-refractivity contribution < 1.29 is 0 Å². The van der Waals surface area contributed by atoms with Crippen LogP contribution in [0.5, 0.6) is 0 Å². The van der Waals surface area contributed by atoms with Crippen LogP contribution in [0.25, 0.3) is 11.3 Å². The van der Waals surface area contributed by atoms with Crippen LogP contribution in [-0.2, 0) is 5.54 Å². The molecule has 1 aromatic carbocycles. The van der Waals surface area contributed by atoms with Gasteiger partial charge in [0.1, 0.15) is 0 Å². The molecular weight excluding hydrogens is 222 g/mol. The predicted octanol–water partition coefficient (Wildman–Crippen LogP) is 2.68. The van der Waals surface area contributed by atoms with Crippen LogP contribution in [0.3, 0.4) is 0 Å². The van der Waals surface area contributed by atoms with E-state index >= 15 is 0 Å². The Morgan fingerprint density at radius 1 is 1.25 bits per heavy atom. The summed E-state index contributed by atoms with van der Waals surface area (Å²) in [7, 11) is 0. The number of aromatic nitrogens is 2. The third-order valence-electron chi connectivity index (χ3n) is 3.04. The maximum absolute atomic E-state index is 6.09. The molecule has 0 atom stereocenters. The van der Waals surface area contributed by atoms with Crippen LogP contribution in [-0.4, -0.2) is 10.2 Å². The second-order valence-electron chi connectivity index (χ2n) is 4.33. The number of hydrogen-bond donors (Lipinski definition) is 2. The second kappa shape index (κ2) is 3.34. The Kier molecular flexibility index (Phi) is 2.06. The molecule has 0 amide bonds. The van der Waals surface area contributed by atoms with Gasteiger partial charge in [-0.15, -0.1) is 0 Å². The van der Waals surface area contributed by atoms with Crippen LogP contribution in [0.2, 0.25) is 5.02 Å². The van der Waals surface area contributed by atoms with Gasteiger partial charge < -0.3 is 5.73 Å². The number of aromatic amines is 1. The average Bonchev–Trinajstić information content (AvgIpc) is 2.84. The molecule has 0 spiro atoms. The van der Waals surface area contributed by atoms with E-state index in [1.807, 2.05) is 30.3 Å². The SMILES string of the molecule is NC1(c2cc(-c3ccc(Cl)cc3)n[nH]2)CC1. The van der Waals surface area contributed by atoms with Gasteiger partial charge >= 0.3 is 0 Å². The Morgan fingerprint density at radius 3 is 2.56 bits per heavy atom. The van der Waals surface area contributed by atoms with Crippen LogP contribution < -0.4 is 5.73 Å². The highest BCUT2D eigenvalue weighted by Crippen LogP contribution is 2.42. The molecule has 3 rings (SSSR count). The predicted molar refractivity (Wildman–Crippen MR) is 64.1 cm³/mol. The Morgan fingerprint density at radius 2 is 1.94 bits per heavy atom. The molecule has 16 heavy (non-hydrogen) atoms. The van der Waals surface area contributed by atoms with Gasteiger partial charge in [0.05, 0.1) is 16.9 Å². The van der Waals surface area contributed by atoms with Crippen molar-refractivity contribution in [3.8, 4) is 11.3 Å². The molecule has 1 fully saturated rings. The number of nitrogens with two attached hydrogens (primary N) is 1. The first-order valence-corrected chi connectivity index (χ1v) is 5.66. The summed E-state index contributed by atoms with van der Waals surface area (Å²) in [5.74, 6) is 0. The summed E-state index contributed by atoms with van der Waals surface area (Å²) in [5, 5.41) is 8.02. The fourth-order valence-electron chi connectivity index (χ4n) is 1.75. The van der Waals surface area contributed by atoms with Crippen LogP contribution in [0.15, 0.2) is 30.3 Å². The van der Waals surface area contributed by atoms with Gasteiger partial charge in [0, 0.05) is 10.6 Å².